The van der Waals surface area contributed by atoms with Crippen molar-refractivity contribution in [3.05, 3.63) is 59.7 Å². The summed E-state index contributed by atoms with van der Waals surface area (Å²) in [6, 6.07) is 16.0. The van der Waals surface area contributed by atoms with Gasteiger partial charge in [0.15, 0.2) is 6.29 Å². The molecular formula is C20H24O4. The van der Waals surface area contributed by atoms with Crippen LogP contribution >= 0.6 is 0 Å². The van der Waals surface area contributed by atoms with Crippen molar-refractivity contribution < 1.29 is 18.9 Å². The van der Waals surface area contributed by atoms with E-state index in [0.717, 1.165) is 48.5 Å². The third-order valence-corrected chi connectivity index (χ3v) is 4.26. The van der Waals surface area contributed by atoms with Gasteiger partial charge in [0.05, 0.1) is 14.2 Å². The maximum absolute atomic E-state index is 6.31. The normalized spacial score (nSPS) is 17.7. The van der Waals surface area contributed by atoms with E-state index in [1.807, 2.05) is 48.5 Å². The smallest absolute Gasteiger partial charge is 0.158 e. The van der Waals surface area contributed by atoms with E-state index in [-0.39, 0.29) is 12.4 Å². The summed E-state index contributed by atoms with van der Waals surface area (Å²) in [5.41, 5.74) is 2.16. The van der Waals surface area contributed by atoms with E-state index in [4.69, 9.17) is 18.9 Å². The van der Waals surface area contributed by atoms with E-state index in [9.17, 15) is 0 Å². The van der Waals surface area contributed by atoms with Gasteiger partial charge in [-0.1, -0.05) is 24.3 Å². The molecule has 24 heavy (non-hydrogen) atoms. The minimum atomic E-state index is -0.176. The SMILES string of the molecule is COc1ccc(C(OC2CCCCO2)c2ccc(OC)cc2)cc1. The van der Waals surface area contributed by atoms with Crippen LogP contribution < -0.4 is 9.47 Å². The van der Waals surface area contributed by atoms with E-state index >= 15 is 0 Å². The third kappa shape index (κ3) is 4.08. The van der Waals surface area contributed by atoms with Gasteiger partial charge in [-0.2, -0.15) is 0 Å². The fraction of sp³-hybridized carbons (Fsp3) is 0.400. The summed E-state index contributed by atoms with van der Waals surface area (Å²) in [5, 5.41) is 0. The molecule has 1 unspecified atom stereocenters. The Morgan fingerprint density at radius 1 is 0.833 bits per heavy atom. The highest BCUT2D eigenvalue weighted by Crippen LogP contribution is 2.32. The van der Waals surface area contributed by atoms with Crippen molar-refractivity contribution in [1.29, 1.82) is 0 Å². The summed E-state index contributed by atoms with van der Waals surface area (Å²) in [7, 11) is 3.34. The lowest BCUT2D eigenvalue weighted by molar-refractivity contribution is -0.181. The number of ether oxygens (including phenoxy) is 4. The second-order valence-electron chi connectivity index (χ2n) is 5.86. The molecule has 1 saturated heterocycles. The van der Waals surface area contributed by atoms with E-state index in [0.29, 0.717) is 0 Å². The number of methoxy groups -OCH3 is 2. The molecule has 1 heterocycles. The van der Waals surface area contributed by atoms with Crippen molar-refractivity contribution in [2.45, 2.75) is 31.7 Å². The van der Waals surface area contributed by atoms with Crippen LogP contribution in [0.25, 0.3) is 0 Å². The summed E-state index contributed by atoms with van der Waals surface area (Å²) in [6.45, 7) is 0.766. The van der Waals surface area contributed by atoms with Gasteiger partial charge in [0.25, 0.3) is 0 Å². The van der Waals surface area contributed by atoms with Crippen molar-refractivity contribution >= 4 is 0 Å². The van der Waals surface area contributed by atoms with Gasteiger partial charge >= 0.3 is 0 Å². The lowest BCUT2D eigenvalue weighted by Crippen LogP contribution is -2.25. The molecule has 3 rings (SSSR count). The van der Waals surface area contributed by atoms with E-state index < -0.39 is 0 Å². The highest BCUT2D eigenvalue weighted by Gasteiger charge is 2.22. The number of hydrogen-bond donors (Lipinski definition) is 0. The van der Waals surface area contributed by atoms with Crippen LogP contribution in [-0.4, -0.2) is 27.1 Å². The second kappa shape index (κ2) is 8.18. The molecule has 0 radical (unpaired) electrons. The molecule has 0 spiro atoms. The first-order valence-electron chi connectivity index (χ1n) is 8.35. The van der Waals surface area contributed by atoms with Crippen LogP contribution in [-0.2, 0) is 9.47 Å². The minimum Gasteiger partial charge on any atom is -0.497 e. The molecular weight excluding hydrogens is 304 g/mol. The molecule has 1 aliphatic rings. The molecule has 0 aromatic heterocycles. The van der Waals surface area contributed by atoms with Crippen molar-refractivity contribution in [3.63, 3.8) is 0 Å². The standard InChI is InChI=1S/C20H24O4/c1-21-17-10-6-15(7-11-17)20(24-19-5-3-4-14-23-19)16-8-12-18(22-2)13-9-16/h6-13,19-20H,3-5,14H2,1-2H3. The van der Waals surface area contributed by atoms with E-state index in [1.54, 1.807) is 14.2 Å². The molecule has 2 aromatic rings. The first-order chi connectivity index (χ1) is 11.8. The summed E-state index contributed by atoms with van der Waals surface area (Å²) in [6.07, 6.45) is 2.85. The lowest BCUT2D eigenvalue weighted by atomic mass is 10.0. The summed E-state index contributed by atoms with van der Waals surface area (Å²) in [5.74, 6) is 1.67. The Labute approximate surface area is 143 Å². The minimum absolute atomic E-state index is 0.159. The van der Waals surface area contributed by atoms with Gasteiger partial charge in [0, 0.05) is 6.61 Å². The Balaban J connectivity index is 1.85. The molecule has 4 heteroatoms. The number of rotatable bonds is 6. The zero-order chi connectivity index (χ0) is 16.8. The Morgan fingerprint density at radius 3 is 1.79 bits per heavy atom. The van der Waals surface area contributed by atoms with Crippen LogP contribution in [0.2, 0.25) is 0 Å². The molecule has 128 valence electrons. The summed E-state index contributed by atoms with van der Waals surface area (Å²) < 4.78 is 22.6. The summed E-state index contributed by atoms with van der Waals surface area (Å²) >= 11 is 0. The zero-order valence-electron chi connectivity index (χ0n) is 14.2. The first-order valence-corrected chi connectivity index (χ1v) is 8.35. The van der Waals surface area contributed by atoms with Crippen molar-refractivity contribution in [2.75, 3.05) is 20.8 Å². The highest BCUT2D eigenvalue weighted by molar-refractivity contribution is 5.36. The second-order valence-corrected chi connectivity index (χ2v) is 5.86. The molecule has 0 amide bonds. The van der Waals surface area contributed by atoms with Gasteiger partial charge in [-0.3, -0.25) is 0 Å². The summed E-state index contributed by atoms with van der Waals surface area (Å²) in [4.78, 5) is 0. The molecule has 2 aromatic carbocycles. The Kier molecular flexibility index (Phi) is 5.72. The zero-order valence-corrected chi connectivity index (χ0v) is 14.2. The highest BCUT2D eigenvalue weighted by atomic mass is 16.7. The molecule has 1 atom stereocenters. The average molecular weight is 328 g/mol. The van der Waals surface area contributed by atoms with Crippen LogP contribution in [0.3, 0.4) is 0 Å². The van der Waals surface area contributed by atoms with Gasteiger partial charge in [0.2, 0.25) is 0 Å². The fourth-order valence-electron chi connectivity index (χ4n) is 2.88. The van der Waals surface area contributed by atoms with Crippen LogP contribution in [0, 0.1) is 0 Å². The van der Waals surface area contributed by atoms with Gasteiger partial charge in [-0.15, -0.1) is 0 Å². The Hall–Kier alpha value is -2.04. The van der Waals surface area contributed by atoms with Crippen molar-refractivity contribution in [1.82, 2.24) is 0 Å². The molecule has 0 saturated carbocycles. The molecule has 0 aliphatic carbocycles. The fourth-order valence-corrected chi connectivity index (χ4v) is 2.88. The Morgan fingerprint density at radius 2 is 1.38 bits per heavy atom. The topological polar surface area (TPSA) is 36.9 Å². The monoisotopic (exact) mass is 328 g/mol. The van der Waals surface area contributed by atoms with Crippen LogP contribution in [0.15, 0.2) is 48.5 Å². The average Bonchev–Trinajstić information content (AvgIpc) is 2.67. The third-order valence-electron chi connectivity index (χ3n) is 4.26. The maximum atomic E-state index is 6.31. The van der Waals surface area contributed by atoms with Crippen LogP contribution in [0.1, 0.15) is 36.5 Å². The van der Waals surface area contributed by atoms with E-state index in [1.165, 1.54) is 0 Å². The largest absolute Gasteiger partial charge is 0.497 e. The predicted octanol–water partition coefficient (Wildman–Crippen LogP) is 4.34. The first kappa shape index (κ1) is 16.8. The van der Waals surface area contributed by atoms with Crippen LogP contribution in [0.4, 0.5) is 0 Å². The maximum Gasteiger partial charge on any atom is 0.158 e. The van der Waals surface area contributed by atoms with Gasteiger partial charge < -0.3 is 18.9 Å². The molecule has 4 nitrogen and oxygen atoms in total. The van der Waals surface area contributed by atoms with Crippen molar-refractivity contribution in [2.24, 2.45) is 0 Å². The molecule has 1 fully saturated rings. The molecule has 0 bridgehead atoms. The Bertz CT molecular complexity index is 568. The van der Waals surface area contributed by atoms with Gasteiger partial charge in [-0.05, 0) is 54.7 Å². The van der Waals surface area contributed by atoms with Crippen LogP contribution in [0.5, 0.6) is 11.5 Å². The quantitative estimate of drug-likeness (QED) is 0.790. The van der Waals surface area contributed by atoms with Gasteiger partial charge in [-0.25, -0.2) is 0 Å². The van der Waals surface area contributed by atoms with Gasteiger partial charge in [0.1, 0.15) is 17.6 Å². The molecule has 1 aliphatic heterocycles. The molecule has 0 N–H and O–H groups in total. The number of hydrogen-bond acceptors (Lipinski definition) is 4. The lowest BCUT2D eigenvalue weighted by Gasteiger charge is -2.28. The van der Waals surface area contributed by atoms with E-state index in [2.05, 4.69) is 0 Å². The number of benzene rings is 2. The predicted molar refractivity (Wildman–Crippen MR) is 92.5 cm³/mol. The van der Waals surface area contributed by atoms with Crippen molar-refractivity contribution in [3.8, 4) is 11.5 Å².